The van der Waals surface area contributed by atoms with E-state index in [-0.39, 0.29) is 30.7 Å². The lowest BCUT2D eigenvalue weighted by Crippen LogP contribution is -2.41. The minimum atomic E-state index is -4.61. The summed E-state index contributed by atoms with van der Waals surface area (Å²) < 4.78 is 41.2. The number of amides is 1. The maximum absolute atomic E-state index is 12.2. The van der Waals surface area contributed by atoms with Crippen molar-refractivity contribution in [3.05, 3.63) is 29.8 Å². The summed E-state index contributed by atoms with van der Waals surface area (Å²) in [4.78, 5) is 34.4. The van der Waals surface area contributed by atoms with Crippen LogP contribution in [0.2, 0.25) is 0 Å². The van der Waals surface area contributed by atoms with E-state index in [4.69, 9.17) is 5.11 Å². The van der Waals surface area contributed by atoms with Crippen molar-refractivity contribution < 1.29 is 37.4 Å². The topological polar surface area (TPSA) is 105 Å². The van der Waals surface area contributed by atoms with Crippen LogP contribution in [-0.2, 0) is 14.3 Å². The number of rotatable bonds is 8. The molecule has 3 N–H and O–H groups in total. The Balaban J connectivity index is 2.67. The van der Waals surface area contributed by atoms with Gasteiger partial charge in [-0.05, 0) is 37.6 Å². The number of carboxylic acid groups (broad SMARTS) is 1. The quantitative estimate of drug-likeness (QED) is 0.483. The van der Waals surface area contributed by atoms with Gasteiger partial charge in [-0.15, -0.1) is 0 Å². The van der Waals surface area contributed by atoms with Crippen molar-refractivity contribution in [2.45, 2.75) is 32.1 Å². The van der Waals surface area contributed by atoms with Gasteiger partial charge >= 0.3 is 18.2 Å². The Kier molecular flexibility index (Phi) is 7.22. The molecule has 0 aliphatic rings. The minimum absolute atomic E-state index is 0.0184. The van der Waals surface area contributed by atoms with Crippen LogP contribution >= 0.6 is 0 Å². The highest BCUT2D eigenvalue weighted by Gasteiger charge is 2.27. The molecule has 0 aromatic heterocycles. The molecule has 0 heterocycles. The molecule has 1 atom stereocenters. The third-order valence-corrected chi connectivity index (χ3v) is 2.98. The Morgan fingerprint density at radius 2 is 1.80 bits per heavy atom. The first kappa shape index (κ1) is 20.3. The van der Waals surface area contributed by atoms with Crippen LogP contribution in [0.1, 0.15) is 30.1 Å². The average Bonchev–Trinajstić information content (AvgIpc) is 2.50. The third kappa shape index (κ3) is 7.55. The van der Waals surface area contributed by atoms with Gasteiger partial charge in [0.2, 0.25) is 0 Å². The number of carbonyl (C=O) groups excluding carboxylic acids is 2. The van der Waals surface area contributed by atoms with Crippen molar-refractivity contribution in [1.29, 1.82) is 0 Å². The summed E-state index contributed by atoms with van der Waals surface area (Å²) >= 11 is 0. The van der Waals surface area contributed by atoms with E-state index < -0.39 is 30.2 Å². The molecule has 1 amide bonds. The normalized spacial score (nSPS) is 12.2. The zero-order chi connectivity index (χ0) is 19.0. The lowest BCUT2D eigenvalue weighted by atomic mass is 10.1. The van der Waals surface area contributed by atoms with Crippen molar-refractivity contribution in [2.75, 3.05) is 11.9 Å². The molecule has 0 spiro atoms. The number of halogens is 3. The minimum Gasteiger partial charge on any atom is -0.480 e. The van der Waals surface area contributed by atoms with Gasteiger partial charge in [-0.3, -0.25) is 14.9 Å². The van der Waals surface area contributed by atoms with Crippen molar-refractivity contribution >= 4 is 23.5 Å². The zero-order valence-electron chi connectivity index (χ0n) is 13.2. The second kappa shape index (κ2) is 8.90. The average molecular weight is 362 g/mol. The van der Waals surface area contributed by atoms with Gasteiger partial charge in [-0.1, -0.05) is 0 Å². The maximum atomic E-state index is 12.2. The fourth-order valence-electron chi connectivity index (χ4n) is 1.86. The molecule has 0 saturated carbocycles. The van der Waals surface area contributed by atoms with Crippen LogP contribution in [0.3, 0.4) is 0 Å². The molecule has 0 unspecified atom stereocenters. The van der Waals surface area contributed by atoms with Gasteiger partial charge < -0.3 is 15.2 Å². The van der Waals surface area contributed by atoms with E-state index >= 15 is 0 Å². The predicted octanol–water partition coefficient (Wildman–Crippen LogP) is 2.14. The first-order valence-electron chi connectivity index (χ1n) is 7.26. The molecule has 7 nitrogen and oxygen atoms in total. The molecule has 138 valence electrons. The van der Waals surface area contributed by atoms with Gasteiger partial charge in [0, 0.05) is 17.7 Å². The standard InChI is InChI=1S/C15H17F3N2O5/c1-2-25-12(21)8-7-11(14(23)24)19-13(22)9-3-5-10(6-4-9)20-15(16,17)18/h3-6,11,20H,2,7-8H2,1H3,(H,19,22)(H,23,24)/t11-/m0/s1. The Labute approximate surface area is 141 Å². The summed E-state index contributed by atoms with van der Waals surface area (Å²) in [5.41, 5.74) is -0.281. The van der Waals surface area contributed by atoms with Crippen LogP contribution < -0.4 is 10.6 Å². The smallest absolute Gasteiger partial charge is 0.480 e. The molecule has 0 aliphatic carbocycles. The number of hydrogen-bond acceptors (Lipinski definition) is 5. The first-order valence-corrected chi connectivity index (χ1v) is 7.26. The monoisotopic (exact) mass is 362 g/mol. The Hall–Kier alpha value is -2.78. The summed E-state index contributed by atoms with van der Waals surface area (Å²) in [5, 5.41) is 12.6. The van der Waals surface area contributed by atoms with E-state index in [1.807, 2.05) is 0 Å². The summed E-state index contributed by atoms with van der Waals surface area (Å²) in [6.45, 7) is 1.76. The highest BCUT2D eigenvalue weighted by Crippen LogP contribution is 2.20. The molecular weight excluding hydrogens is 345 g/mol. The zero-order valence-corrected chi connectivity index (χ0v) is 13.2. The maximum Gasteiger partial charge on any atom is 0.482 e. The van der Waals surface area contributed by atoms with Gasteiger partial charge in [-0.25, -0.2) is 4.79 Å². The van der Waals surface area contributed by atoms with E-state index in [2.05, 4.69) is 10.1 Å². The number of ether oxygens (including phenoxy) is 1. The van der Waals surface area contributed by atoms with Crippen LogP contribution in [0.15, 0.2) is 24.3 Å². The number of benzene rings is 1. The number of esters is 1. The Morgan fingerprint density at radius 3 is 2.28 bits per heavy atom. The molecule has 10 heteroatoms. The number of alkyl halides is 3. The lowest BCUT2D eigenvalue weighted by molar-refractivity contribution is -0.144. The summed E-state index contributed by atoms with van der Waals surface area (Å²) in [5.74, 6) is -2.71. The number of nitrogens with one attached hydrogen (secondary N) is 2. The Morgan fingerprint density at radius 1 is 1.20 bits per heavy atom. The molecule has 0 saturated heterocycles. The van der Waals surface area contributed by atoms with Crippen LogP contribution in [-0.4, -0.2) is 41.9 Å². The molecule has 0 aliphatic heterocycles. The van der Waals surface area contributed by atoms with Crippen molar-refractivity contribution in [1.82, 2.24) is 5.32 Å². The van der Waals surface area contributed by atoms with Crippen LogP contribution in [0.25, 0.3) is 0 Å². The molecule has 25 heavy (non-hydrogen) atoms. The highest BCUT2D eigenvalue weighted by molar-refractivity contribution is 5.96. The SMILES string of the molecule is CCOC(=O)CC[C@H](NC(=O)c1ccc(NC(F)(F)F)cc1)C(=O)O. The van der Waals surface area contributed by atoms with E-state index in [0.717, 1.165) is 24.3 Å². The van der Waals surface area contributed by atoms with E-state index in [1.165, 1.54) is 5.32 Å². The highest BCUT2D eigenvalue weighted by atomic mass is 19.4. The summed E-state index contributed by atoms with van der Waals surface area (Å²) in [6, 6.07) is 2.99. The van der Waals surface area contributed by atoms with Crippen molar-refractivity contribution in [3.8, 4) is 0 Å². The fourth-order valence-corrected chi connectivity index (χ4v) is 1.86. The van der Waals surface area contributed by atoms with E-state index in [1.54, 1.807) is 6.92 Å². The number of hydrogen-bond donors (Lipinski definition) is 3. The van der Waals surface area contributed by atoms with Gasteiger partial charge in [0.25, 0.3) is 5.91 Å². The van der Waals surface area contributed by atoms with Crippen molar-refractivity contribution in [3.63, 3.8) is 0 Å². The second-order valence-corrected chi connectivity index (χ2v) is 4.91. The van der Waals surface area contributed by atoms with Crippen LogP contribution in [0, 0.1) is 0 Å². The van der Waals surface area contributed by atoms with Crippen molar-refractivity contribution in [2.24, 2.45) is 0 Å². The largest absolute Gasteiger partial charge is 0.482 e. The van der Waals surface area contributed by atoms with Gasteiger partial charge in [-0.2, -0.15) is 13.2 Å². The van der Waals surface area contributed by atoms with Gasteiger partial charge in [0.15, 0.2) is 0 Å². The first-order chi connectivity index (χ1) is 11.6. The lowest BCUT2D eigenvalue weighted by Gasteiger charge is -2.15. The fraction of sp³-hybridized carbons (Fsp3) is 0.400. The molecular formula is C15H17F3N2O5. The summed E-state index contributed by atoms with van der Waals surface area (Å²) in [7, 11) is 0. The molecule has 1 aromatic carbocycles. The summed E-state index contributed by atoms with van der Waals surface area (Å²) in [6.07, 6.45) is -4.97. The number of carboxylic acids is 1. The molecule has 0 radical (unpaired) electrons. The van der Waals surface area contributed by atoms with Crippen LogP contribution in [0.4, 0.5) is 18.9 Å². The molecule has 1 aromatic rings. The number of carbonyl (C=O) groups is 3. The van der Waals surface area contributed by atoms with Gasteiger partial charge in [0.05, 0.1) is 6.61 Å². The molecule has 0 bridgehead atoms. The third-order valence-electron chi connectivity index (χ3n) is 2.98. The molecule has 1 rings (SSSR count). The molecule has 0 fully saturated rings. The van der Waals surface area contributed by atoms with E-state index in [0.29, 0.717) is 0 Å². The van der Waals surface area contributed by atoms with Crippen LogP contribution in [0.5, 0.6) is 0 Å². The number of aliphatic carboxylic acids is 1. The Bertz CT molecular complexity index is 617. The number of anilines is 1. The van der Waals surface area contributed by atoms with Gasteiger partial charge in [0.1, 0.15) is 6.04 Å². The predicted molar refractivity (Wildman–Crippen MR) is 80.9 cm³/mol. The second-order valence-electron chi connectivity index (χ2n) is 4.91. The van der Waals surface area contributed by atoms with E-state index in [9.17, 15) is 27.6 Å².